The van der Waals surface area contributed by atoms with Gasteiger partial charge < -0.3 is 5.32 Å². The van der Waals surface area contributed by atoms with Crippen molar-refractivity contribution < 1.29 is 4.79 Å². The van der Waals surface area contributed by atoms with E-state index < -0.39 is 0 Å². The molecule has 4 nitrogen and oxygen atoms in total. The Morgan fingerprint density at radius 1 is 1.21 bits per heavy atom. The van der Waals surface area contributed by atoms with E-state index in [0.717, 1.165) is 5.69 Å². The summed E-state index contributed by atoms with van der Waals surface area (Å²) < 4.78 is 0. The quantitative estimate of drug-likeness (QED) is 0.945. The highest BCUT2D eigenvalue weighted by molar-refractivity contribution is 6.31. The number of carbonyl (C=O) groups excluding carboxylic acids is 1. The number of nitrogens with zero attached hydrogens (tertiary/aromatic N) is 2. The van der Waals surface area contributed by atoms with Crippen LogP contribution < -0.4 is 5.32 Å². The van der Waals surface area contributed by atoms with E-state index in [2.05, 4.69) is 15.3 Å². The van der Waals surface area contributed by atoms with Gasteiger partial charge in [-0.25, -0.2) is 0 Å². The van der Waals surface area contributed by atoms with Crippen molar-refractivity contribution in [2.75, 3.05) is 0 Å². The lowest BCUT2D eigenvalue weighted by Crippen LogP contribution is -2.27. The van der Waals surface area contributed by atoms with Gasteiger partial charge in [0.2, 0.25) is 0 Å². The van der Waals surface area contributed by atoms with Crippen molar-refractivity contribution in [2.24, 2.45) is 0 Å². The number of halogens is 2. The van der Waals surface area contributed by atoms with Crippen molar-refractivity contribution >= 4 is 29.1 Å². The van der Waals surface area contributed by atoms with Gasteiger partial charge in [-0.05, 0) is 25.1 Å². The molecule has 2 rings (SSSR count). The van der Waals surface area contributed by atoms with Crippen molar-refractivity contribution in [1.29, 1.82) is 0 Å². The Morgan fingerprint density at radius 3 is 2.63 bits per heavy atom. The molecule has 1 N–H and O–H groups in total. The second-order valence-corrected chi connectivity index (χ2v) is 4.86. The zero-order valence-electron chi connectivity index (χ0n) is 10.1. The van der Waals surface area contributed by atoms with Crippen LogP contribution in [-0.2, 0) is 0 Å². The molecular weight excluding hydrogens is 285 g/mol. The summed E-state index contributed by atoms with van der Waals surface area (Å²) >= 11 is 11.6. The number of carbonyl (C=O) groups is 1. The van der Waals surface area contributed by atoms with Gasteiger partial charge in [-0.3, -0.25) is 14.8 Å². The Bertz CT molecular complexity index is 587. The maximum atomic E-state index is 12.0. The number of hydrogen-bond donors (Lipinski definition) is 1. The molecule has 98 valence electrons. The molecule has 19 heavy (non-hydrogen) atoms. The molecule has 0 radical (unpaired) electrons. The number of aromatic nitrogens is 2. The van der Waals surface area contributed by atoms with Gasteiger partial charge >= 0.3 is 0 Å². The lowest BCUT2D eigenvalue weighted by Gasteiger charge is -2.13. The third-order valence-corrected chi connectivity index (χ3v) is 2.94. The van der Waals surface area contributed by atoms with Gasteiger partial charge in [0.05, 0.1) is 27.3 Å². The first kappa shape index (κ1) is 13.8. The van der Waals surface area contributed by atoms with E-state index in [-0.39, 0.29) is 11.9 Å². The third-order valence-electron chi connectivity index (χ3n) is 2.51. The normalized spacial score (nSPS) is 11.9. The van der Waals surface area contributed by atoms with Crippen LogP contribution in [0.3, 0.4) is 0 Å². The molecule has 0 saturated carbocycles. The average molecular weight is 296 g/mol. The molecule has 1 amide bonds. The Balaban J connectivity index is 2.08. The summed E-state index contributed by atoms with van der Waals surface area (Å²) in [5, 5.41) is 3.79. The van der Waals surface area contributed by atoms with Gasteiger partial charge in [0.15, 0.2) is 0 Å². The summed E-state index contributed by atoms with van der Waals surface area (Å²) in [6, 6.07) is 4.83. The van der Waals surface area contributed by atoms with E-state index in [4.69, 9.17) is 23.2 Å². The molecule has 0 aliphatic heterocycles. The lowest BCUT2D eigenvalue weighted by atomic mass is 10.2. The summed E-state index contributed by atoms with van der Waals surface area (Å²) in [5.41, 5.74) is 1.14. The van der Waals surface area contributed by atoms with Gasteiger partial charge in [-0.1, -0.05) is 23.2 Å². The minimum absolute atomic E-state index is 0.233. The Labute approximate surface area is 120 Å². The van der Waals surface area contributed by atoms with Crippen molar-refractivity contribution in [2.45, 2.75) is 13.0 Å². The summed E-state index contributed by atoms with van der Waals surface area (Å²) in [4.78, 5) is 20.0. The Morgan fingerprint density at radius 2 is 2.00 bits per heavy atom. The predicted octanol–water partition coefficient (Wildman–Crippen LogP) is 3.27. The molecule has 0 unspecified atom stereocenters. The van der Waals surface area contributed by atoms with E-state index in [1.54, 1.807) is 24.4 Å². The molecule has 6 heteroatoms. The second kappa shape index (κ2) is 5.99. The smallest absolute Gasteiger partial charge is 0.253 e. The van der Waals surface area contributed by atoms with Crippen molar-refractivity contribution in [1.82, 2.24) is 15.3 Å². The summed E-state index contributed by atoms with van der Waals surface area (Å²) in [5.74, 6) is -0.251. The first-order valence-electron chi connectivity index (χ1n) is 5.59. The predicted molar refractivity (Wildman–Crippen MR) is 74.4 cm³/mol. The second-order valence-electron chi connectivity index (χ2n) is 3.99. The first-order valence-corrected chi connectivity index (χ1v) is 6.34. The van der Waals surface area contributed by atoms with Gasteiger partial charge in [0.1, 0.15) is 0 Å². The summed E-state index contributed by atoms with van der Waals surface area (Å²) in [6.07, 6.45) is 4.48. The highest BCUT2D eigenvalue weighted by Gasteiger charge is 2.12. The Kier molecular flexibility index (Phi) is 4.35. The zero-order valence-corrected chi connectivity index (χ0v) is 11.6. The van der Waals surface area contributed by atoms with Crippen LogP contribution in [0.1, 0.15) is 29.0 Å². The molecule has 0 saturated heterocycles. The maximum absolute atomic E-state index is 12.0. The standard InChI is InChI=1S/C13H11Cl2N3O/c1-8(12-3-2-10(14)7-17-12)18-13(19)9-4-11(15)6-16-5-9/h2-8H,1H3,(H,18,19)/t8-/m0/s1. The van der Waals surface area contributed by atoms with Crippen LogP contribution in [-0.4, -0.2) is 15.9 Å². The molecule has 2 aromatic rings. The van der Waals surface area contributed by atoms with E-state index >= 15 is 0 Å². The molecule has 2 heterocycles. The fourth-order valence-electron chi connectivity index (χ4n) is 1.53. The summed E-state index contributed by atoms with van der Waals surface area (Å²) in [7, 11) is 0. The van der Waals surface area contributed by atoms with Crippen LogP contribution in [0.25, 0.3) is 0 Å². The number of hydrogen-bond acceptors (Lipinski definition) is 3. The number of rotatable bonds is 3. The van der Waals surface area contributed by atoms with E-state index in [1.807, 2.05) is 6.92 Å². The number of pyridine rings is 2. The highest BCUT2D eigenvalue weighted by Crippen LogP contribution is 2.14. The fourth-order valence-corrected chi connectivity index (χ4v) is 1.82. The van der Waals surface area contributed by atoms with Gasteiger partial charge in [0.25, 0.3) is 5.91 Å². The minimum Gasteiger partial charge on any atom is -0.344 e. The minimum atomic E-state index is -0.251. The van der Waals surface area contributed by atoms with Gasteiger partial charge in [-0.15, -0.1) is 0 Å². The maximum Gasteiger partial charge on any atom is 0.253 e. The van der Waals surface area contributed by atoms with Crippen LogP contribution in [0.15, 0.2) is 36.8 Å². The lowest BCUT2D eigenvalue weighted by molar-refractivity contribution is 0.0939. The van der Waals surface area contributed by atoms with Crippen LogP contribution in [0.4, 0.5) is 0 Å². The van der Waals surface area contributed by atoms with E-state index in [9.17, 15) is 4.79 Å². The number of nitrogens with one attached hydrogen (secondary N) is 1. The molecule has 1 atom stereocenters. The van der Waals surface area contributed by atoms with E-state index in [1.165, 1.54) is 12.4 Å². The fraction of sp³-hybridized carbons (Fsp3) is 0.154. The SMILES string of the molecule is C[C@H](NC(=O)c1cncc(Cl)c1)c1ccc(Cl)cn1. The number of amides is 1. The van der Waals surface area contributed by atoms with Crippen LogP contribution in [0.5, 0.6) is 0 Å². The largest absolute Gasteiger partial charge is 0.344 e. The molecule has 0 aliphatic carbocycles. The first-order chi connectivity index (χ1) is 9.06. The monoisotopic (exact) mass is 295 g/mol. The van der Waals surface area contributed by atoms with Crippen molar-refractivity contribution in [3.63, 3.8) is 0 Å². The molecule has 0 bridgehead atoms. The molecule has 0 spiro atoms. The molecule has 0 fully saturated rings. The van der Waals surface area contributed by atoms with E-state index in [0.29, 0.717) is 15.6 Å². The van der Waals surface area contributed by atoms with Crippen LogP contribution in [0, 0.1) is 0 Å². The third kappa shape index (κ3) is 3.66. The zero-order chi connectivity index (χ0) is 13.8. The van der Waals surface area contributed by atoms with Crippen molar-refractivity contribution in [3.8, 4) is 0 Å². The van der Waals surface area contributed by atoms with Crippen LogP contribution >= 0.6 is 23.2 Å². The van der Waals surface area contributed by atoms with Crippen molar-refractivity contribution in [3.05, 3.63) is 58.1 Å². The molecular formula is C13H11Cl2N3O. The molecule has 2 aromatic heterocycles. The van der Waals surface area contributed by atoms with Gasteiger partial charge in [0, 0.05) is 18.6 Å². The molecule has 0 aliphatic rings. The average Bonchev–Trinajstić information content (AvgIpc) is 2.39. The molecule has 0 aromatic carbocycles. The van der Waals surface area contributed by atoms with Gasteiger partial charge in [-0.2, -0.15) is 0 Å². The Hall–Kier alpha value is -1.65. The topological polar surface area (TPSA) is 54.9 Å². The highest BCUT2D eigenvalue weighted by atomic mass is 35.5. The summed E-state index contributed by atoms with van der Waals surface area (Å²) in [6.45, 7) is 1.84. The van der Waals surface area contributed by atoms with Crippen LogP contribution in [0.2, 0.25) is 10.0 Å².